The van der Waals surface area contributed by atoms with Crippen LogP contribution in [0.3, 0.4) is 0 Å². The lowest BCUT2D eigenvalue weighted by Crippen LogP contribution is -2.32. The fourth-order valence-electron chi connectivity index (χ4n) is 1.38. The van der Waals surface area contributed by atoms with Gasteiger partial charge in [0.05, 0.1) is 0 Å². The Morgan fingerprint density at radius 3 is 3.00 bits per heavy atom. The summed E-state index contributed by atoms with van der Waals surface area (Å²) in [5.41, 5.74) is 5.06. The van der Waals surface area contributed by atoms with E-state index in [1.54, 1.807) is 0 Å². The molecule has 3 heteroatoms. The van der Waals surface area contributed by atoms with Gasteiger partial charge in [0.15, 0.2) is 0 Å². The fourth-order valence-corrected chi connectivity index (χ4v) is 1.38. The van der Waals surface area contributed by atoms with Crippen molar-refractivity contribution in [1.82, 2.24) is 5.32 Å². The summed E-state index contributed by atoms with van der Waals surface area (Å²) in [6, 6.07) is 0. The highest BCUT2D eigenvalue weighted by Gasteiger charge is 2.14. The molecule has 10 heavy (non-hydrogen) atoms. The summed E-state index contributed by atoms with van der Waals surface area (Å²) in [6.45, 7) is 2.05. The number of carbonyl (C=O) groups excluding carboxylic acids is 1. The Hall–Kier alpha value is -0.570. The van der Waals surface area contributed by atoms with Gasteiger partial charge in [0.1, 0.15) is 0 Å². The first-order valence-electron chi connectivity index (χ1n) is 3.78. The third-order valence-electron chi connectivity index (χ3n) is 1.89. The monoisotopic (exact) mass is 142 g/mol. The minimum atomic E-state index is -0.172. The van der Waals surface area contributed by atoms with E-state index >= 15 is 0 Å². The van der Waals surface area contributed by atoms with E-state index in [4.69, 9.17) is 5.73 Å². The van der Waals surface area contributed by atoms with E-state index in [0.29, 0.717) is 12.3 Å². The quantitative estimate of drug-likeness (QED) is 0.564. The van der Waals surface area contributed by atoms with Crippen LogP contribution in [0.15, 0.2) is 0 Å². The van der Waals surface area contributed by atoms with E-state index < -0.39 is 0 Å². The largest absolute Gasteiger partial charge is 0.370 e. The zero-order chi connectivity index (χ0) is 7.40. The summed E-state index contributed by atoms with van der Waals surface area (Å²) in [5.74, 6) is 0.319. The molecule has 1 saturated heterocycles. The highest BCUT2D eigenvalue weighted by molar-refractivity contribution is 5.74. The van der Waals surface area contributed by atoms with Gasteiger partial charge in [-0.05, 0) is 31.8 Å². The molecule has 0 spiro atoms. The van der Waals surface area contributed by atoms with Gasteiger partial charge < -0.3 is 11.1 Å². The van der Waals surface area contributed by atoms with Crippen LogP contribution in [0.25, 0.3) is 0 Å². The Labute approximate surface area is 61.0 Å². The van der Waals surface area contributed by atoms with Gasteiger partial charge in [-0.3, -0.25) is 4.79 Å². The average molecular weight is 142 g/mol. The summed E-state index contributed by atoms with van der Waals surface area (Å²) in [6.07, 6.45) is 2.88. The van der Waals surface area contributed by atoms with E-state index in [2.05, 4.69) is 5.32 Å². The number of rotatable bonds is 2. The molecule has 0 bridgehead atoms. The van der Waals surface area contributed by atoms with Gasteiger partial charge in [-0.15, -0.1) is 0 Å². The van der Waals surface area contributed by atoms with Crippen LogP contribution in [-0.4, -0.2) is 19.0 Å². The number of piperidine rings is 1. The smallest absolute Gasteiger partial charge is 0.217 e. The first-order chi connectivity index (χ1) is 4.79. The third kappa shape index (κ3) is 2.35. The molecular formula is C7H14N2O. The Morgan fingerprint density at radius 1 is 1.70 bits per heavy atom. The molecule has 1 aliphatic heterocycles. The average Bonchev–Trinajstić information content (AvgIpc) is 1.88. The van der Waals surface area contributed by atoms with Gasteiger partial charge in [-0.25, -0.2) is 0 Å². The number of hydrogen-bond acceptors (Lipinski definition) is 2. The molecule has 1 aliphatic rings. The van der Waals surface area contributed by atoms with E-state index in [1.165, 1.54) is 6.42 Å². The number of carbonyl (C=O) groups is 1. The van der Waals surface area contributed by atoms with Crippen LogP contribution in [0.5, 0.6) is 0 Å². The number of primary amides is 1. The summed E-state index contributed by atoms with van der Waals surface area (Å²) < 4.78 is 0. The van der Waals surface area contributed by atoms with Crippen molar-refractivity contribution in [3.8, 4) is 0 Å². The van der Waals surface area contributed by atoms with Crippen LogP contribution in [0.4, 0.5) is 0 Å². The van der Waals surface area contributed by atoms with Gasteiger partial charge in [0, 0.05) is 6.42 Å². The SMILES string of the molecule is NC(=O)CC1CCCNC1. The Balaban J connectivity index is 2.19. The molecule has 58 valence electrons. The first kappa shape index (κ1) is 7.54. The lowest BCUT2D eigenvalue weighted by atomic mass is 9.96. The number of hydrogen-bond donors (Lipinski definition) is 2. The van der Waals surface area contributed by atoms with Crippen LogP contribution in [0.2, 0.25) is 0 Å². The lowest BCUT2D eigenvalue weighted by molar-refractivity contribution is -0.119. The molecule has 0 saturated carbocycles. The van der Waals surface area contributed by atoms with E-state index in [0.717, 1.165) is 19.5 Å². The highest BCUT2D eigenvalue weighted by Crippen LogP contribution is 2.12. The van der Waals surface area contributed by atoms with Crippen LogP contribution < -0.4 is 11.1 Å². The molecule has 3 nitrogen and oxygen atoms in total. The fraction of sp³-hybridized carbons (Fsp3) is 0.857. The van der Waals surface area contributed by atoms with Crippen LogP contribution in [-0.2, 0) is 4.79 Å². The topological polar surface area (TPSA) is 55.1 Å². The summed E-state index contributed by atoms with van der Waals surface area (Å²) in [4.78, 5) is 10.5. The maximum absolute atomic E-state index is 10.5. The van der Waals surface area contributed by atoms with Crippen molar-refractivity contribution in [1.29, 1.82) is 0 Å². The molecule has 0 radical (unpaired) electrons. The van der Waals surface area contributed by atoms with Crippen molar-refractivity contribution in [3.05, 3.63) is 0 Å². The van der Waals surface area contributed by atoms with Crippen molar-refractivity contribution in [3.63, 3.8) is 0 Å². The molecule has 1 rings (SSSR count). The summed E-state index contributed by atoms with van der Waals surface area (Å²) in [7, 11) is 0. The van der Waals surface area contributed by atoms with Crippen LogP contribution in [0.1, 0.15) is 19.3 Å². The maximum atomic E-state index is 10.5. The Bertz CT molecular complexity index is 119. The molecule has 0 aromatic heterocycles. The van der Waals surface area contributed by atoms with Gasteiger partial charge in [0.2, 0.25) is 5.91 Å². The number of amides is 1. The Kier molecular flexibility index (Phi) is 2.68. The second-order valence-corrected chi connectivity index (χ2v) is 2.88. The van der Waals surface area contributed by atoms with Crippen LogP contribution >= 0.6 is 0 Å². The zero-order valence-electron chi connectivity index (χ0n) is 6.10. The highest BCUT2D eigenvalue weighted by atomic mass is 16.1. The van der Waals surface area contributed by atoms with Crippen molar-refractivity contribution < 1.29 is 4.79 Å². The second kappa shape index (κ2) is 3.56. The van der Waals surface area contributed by atoms with E-state index in [1.807, 2.05) is 0 Å². The molecule has 1 amide bonds. The molecule has 1 fully saturated rings. The predicted octanol–water partition coefficient (Wildman–Crippen LogP) is -0.139. The standard InChI is InChI=1S/C7H14N2O/c8-7(10)4-6-2-1-3-9-5-6/h6,9H,1-5H2,(H2,8,10). The third-order valence-corrected chi connectivity index (χ3v) is 1.89. The molecule has 1 atom stereocenters. The molecule has 1 heterocycles. The summed E-state index contributed by atoms with van der Waals surface area (Å²) in [5, 5.41) is 3.23. The van der Waals surface area contributed by atoms with Crippen molar-refractivity contribution in [2.24, 2.45) is 11.7 Å². The minimum Gasteiger partial charge on any atom is -0.370 e. The minimum absolute atomic E-state index is 0.172. The normalized spacial score (nSPS) is 26.2. The van der Waals surface area contributed by atoms with Crippen molar-refractivity contribution >= 4 is 5.91 Å². The number of nitrogens with two attached hydrogens (primary N) is 1. The van der Waals surface area contributed by atoms with Crippen LogP contribution in [0, 0.1) is 5.92 Å². The maximum Gasteiger partial charge on any atom is 0.217 e. The van der Waals surface area contributed by atoms with E-state index in [9.17, 15) is 4.79 Å². The zero-order valence-corrected chi connectivity index (χ0v) is 6.10. The molecule has 1 unspecified atom stereocenters. The van der Waals surface area contributed by atoms with Gasteiger partial charge in [0.25, 0.3) is 0 Å². The van der Waals surface area contributed by atoms with E-state index in [-0.39, 0.29) is 5.91 Å². The van der Waals surface area contributed by atoms with Gasteiger partial charge in [-0.2, -0.15) is 0 Å². The molecule has 0 aromatic carbocycles. The second-order valence-electron chi connectivity index (χ2n) is 2.88. The molecule has 3 N–H and O–H groups in total. The summed E-state index contributed by atoms with van der Waals surface area (Å²) >= 11 is 0. The van der Waals surface area contributed by atoms with Crippen molar-refractivity contribution in [2.75, 3.05) is 13.1 Å². The number of nitrogens with one attached hydrogen (secondary N) is 1. The molecule has 0 aromatic rings. The predicted molar refractivity (Wildman–Crippen MR) is 39.4 cm³/mol. The van der Waals surface area contributed by atoms with Crippen molar-refractivity contribution in [2.45, 2.75) is 19.3 Å². The first-order valence-corrected chi connectivity index (χ1v) is 3.78. The van der Waals surface area contributed by atoms with Gasteiger partial charge >= 0.3 is 0 Å². The lowest BCUT2D eigenvalue weighted by Gasteiger charge is -2.20. The molecular weight excluding hydrogens is 128 g/mol. The molecule has 0 aliphatic carbocycles. The Morgan fingerprint density at radius 2 is 2.50 bits per heavy atom. The van der Waals surface area contributed by atoms with Gasteiger partial charge in [-0.1, -0.05) is 0 Å².